The molecular weight excluding hydrogens is 332 g/mol. The molecule has 1 N–H and O–H groups in total. The summed E-state index contributed by atoms with van der Waals surface area (Å²) in [5.41, 5.74) is 0.578. The van der Waals surface area contributed by atoms with E-state index < -0.39 is 12.1 Å². The molecule has 0 aromatic heterocycles. The second-order valence-electron chi connectivity index (χ2n) is 3.82. The third kappa shape index (κ3) is 3.49. The Bertz CT molecular complexity index is 586. The minimum Gasteiger partial charge on any atom is -0.478 e. The maximum atomic E-state index is 11.3. The Labute approximate surface area is 123 Å². The van der Waals surface area contributed by atoms with E-state index in [9.17, 15) is 9.90 Å². The van der Waals surface area contributed by atoms with Crippen molar-refractivity contribution in [1.29, 1.82) is 0 Å². The van der Waals surface area contributed by atoms with Gasteiger partial charge in [-0.15, -0.1) is 0 Å². The molecule has 98 valence electrons. The number of carboxylic acid groups (broad SMARTS) is 1. The zero-order chi connectivity index (χ0) is 13.8. The Morgan fingerprint density at radius 2 is 1.89 bits per heavy atom. The zero-order valence-corrected chi connectivity index (χ0v) is 12.1. The lowest BCUT2D eigenvalue weighted by atomic mass is 10.1. The van der Waals surface area contributed by atoms with Crippen LogP contribution in [0.2, 0.25) is 5.02 Å². The van der Waals surface area contributed by atoms with Crippen LogP contribution in [0.3, 0.4) is 0 Å². The van der Waals surface area contributed by atoms with Crippen LogP contribution in [0.1, 0.15) is 11.7 Å². The normalized spacial score (nSPS) is 11.9. The first-order valence-corrected chi connectivity index (χ1v) is 6.64. The fraction of sp³-hybridized carbons (Fsp3) is 0.0714. The van der Waals surface area contributed by atoms with Crippen LogP contribution in [0, 0.1) is 0 Å². The first-order valence-electron chi connectivity index (χ1n) is 5.47. The topological polar surface area (TPSA) is 46.5 Å². The molecule has 0 radical (unpaired) electrons. The van der Waals surface area contributed by atoms with Crippen molar-refractivity contribution in [2.75, 3.05) is 0 Å². The third-order valence-electron chi connectivity index (χ3n) is 2.47. The van der Waals surface area contributed by atoms with Crippen LogP contribution in [0.4, 0.5) is 0 Å². The first kappa shape index (κ1) is 13.9. The number of carboxylic acids is 1. The number of aliphatic carboxylic acids is 1. The van der Waals surface area contributed by atoms with Crippen molar-refractivity contribution < 1.29 is 14.6 Å². The molecule has 0 heterocycles. The molecule has 1 atom stereocenters. The number of benzene rings is 2. The van der Waals surface area contributed by atoms with Crippen molar-refractivity contribution in [3.8, 4) is 5.75 Å². The lowest BCUT2D eigenvalue weighted by Crippen LogP contribution is -2.18. The quantitative estimate of drug-likeness (QED) is 0.901. The summed E-state index contributed by atoms with van der Waals surface area (Å²) in [4.78, 5) is 11.3. The van der Waals surface area contributed by atoms with Gasteiger partial charge in [0.05, 0.1) is 5.02 Å². The molecule has 0 amide bonds. The summed E-state index contributed by atoms with van der Waals surface area (Å²) in [7, 11) is 0. The molecule has 19 heavy (non-hydrogen) atoms. The van der Waals surface area contributed by atoms with E-state index in [0.29, 0.717) is 16.3 Å². The molecule has 2 aromatic carbocycles. The average molecular weight is 342 g/mol. The molecule has 5 heteroatoms. The number of hydrogen-bond donors (Lipinski definition) is 1. The van der Waals surface area contributed by atoms with Crippen molar-refractivity contribution >= 4 is 33.5 Å². The molecule has 0 saturated heterocycles. The van der Waals surface area contributed by atoms with Crippen molar-refractivity contribution in [2.45, 2.75) is 6.10 Å². The number of hydrogen-bond acceptors (Lipinski definition) is 2. The zero-order valence-electron chi connectivity index (χ0n) is 9.72. The number of halogens is 2. The van der Waals surface area contributed by atoms with Gasteiger partial charge in [0, 0.05) is 10.0 Å². The molecule has 0 aliphatic carbocycles. The number of rotatable bonds is 4. The van der Waals surface area contributed by atoms with Crippen LogP contribution in [0.15, 0.2) is 53.0 Å². The number of carbonyl (C=O) groups is 1. The smallest absolute Gasteiger partial charge is 0.349 e. The molecule has 0 bridgehead atoms. The SMILES string of the molecule is O=C(O)C(Oc1ccc(Br)c(Cl)c1)c1ccccc1. The molecule has 0 aliphatic rings. The Kier molecular flexibility index (Phi) is 4.45. The van der Waals surface area contributed by atoms with E-state index >= 15 is 0 Å². The van der Waals surface area contributed by atoms with Crippen LogP contribution in [-0.4, -0.2) is 11.1 Å². The van der Waals surface area contributed by atoms with Gasteiger partial charge in [-0.1, -0.05) is 41.9 Å². The molecule has 3 nitrogen and oxygen atoms in total. The average Bonchev–Trinajstić information content (AvgIpc) is 2.40. The van der Waals surface area contributed by atoms with Crippen molar-refractivity contribution in [1.82, 2.24) is 0 Å². The minimum atomic E-state index is -1.06. The Morgan fingerprint density at radius 3 is 2.47 bits per heavy atom. The molecule has 0 saturated carbocycles. The summed E-state index contributed by atoms with van der Waals surface area (Å²) >= 11 is 9.21. The molecule has 2 aromatic rings. The van der Waals surface area contributed by atoms with Gasteiger partial charge in [0.1, 0.15) is 5.75 Å². The van der Waals surface area contributed by atoms with Crippen LogP contribution < -0.4 is 4.74 Å². The van der Waals surface area contributed by atoms with Crippen LogP contribution in [0.25, 0.3) is 0 Å². The molecular formula is C14H10BrClO3. The van der Waals surface area contributed by atoms with Crippen molar-refractivity contribution in [3.63, 3.8) is 0 Å². The number of ether oxygens (including phenoxy) is 1. The molecule has 0 spiro atoms. The Hall–Kier alpha value is -1.52. The van der Waals surface area contributed by atoms with Gasteiger partial charge in [0.2, 0.25) is 6.10 Å². The highest BCUT2D eigenvalue weighted by molar-refractivity contribution is 9.10. The monoisotopic (exact) mass is 340 g/mol. The maximum Gasteiger partial charge on any atom is 0.349 e. The van der Waals surface area contributed by atoms with E-state index in [1.807, 2.05) is 6.07 Å². The fourth-order valence-corrected chi connectivity index (χ4v) is 1.99. The lowest BCUT2D eigenvalue weighted by Gasteiger charge is -2.15. The standard InChI is InChI=1S/C14H10BrClO3/c15-11-7-6-10(8-12(11)16)19-13(14(17)18)9-4-2-1-3-5-9/h1-8,13H,(H,17,18). The van der Waals surface area contributed by atoms with Gasteiger partial charge >= 0.3 is 5.97 Å². The summed E-state index contributed by atoms with van der Waals surface area (Å²) in [6, 6.07) is 13.7. The molecule has 2 rings (SSSR count). The summed E-state index contributed by atoms with van der Waals surface area (Å²) in [5.74, 6) is -0.644. The van der Waals surface area contributed by atoms with E-state index in [0.717, 1.165) is 4.47 Å². The second kappa shape index (κ2) is 6.08. The van der Waals surface area contributed by atoms with Crippen molar-refractivity contribution in [3.05, 3.63) is 63.6 Å². The Morgan fingerprint density at radius 1 is 1.21 bits per heavy atom. The van der Waals surface area contributed by atoms with Gasteiger partial charge in [-0.25, -0.2) is 4.79 Å². The minimum absolute atomic E-state index is 0.407. The molecule has 0 aliphatic heterocycles. The Balaban J connectivity index is 2.27. The summed E-state index contributed by atoms with van der Waals surface area (Å²) in [5, 5.41) is 9.71. The van der Waals surface area contributed by atoms with E-state index in [1.54, 1.807) is 42.5 Å². The second-order valence-corrected chi connectivity index (χ2v) is 5.08. The highest BCUT2D eigenvalue weighted by Crippen LogP contribution is 2.29. The summed E-state index contributed by atoms with van der Waals surface area (Å²) in [6.07, 6.45) is -1.06. The van der Waals surface area contributed by atoms with Gasteiger partial charge in [0.15, 0.2) is 0 Å². The summed E-state index contributed by atoms with van der Waals surface area (Å²) < 4.78 is 6.22. The van der Waals surface area contributed by atoms with Gasteiger partial charge in [-0.05, 0) is 34.1 Å². The van der Waals surface area contributed by atoms with Gasteiger partial charge in [-0.2, -0.15) is 0 Å². The van der Waals surface area contributed by atoms with Gasteiger partial charge < -0.3 is 9.84 Å². The maximum absolute atomic E-state index is 11.3. The van der Waals surface area contributed by atoms with Crippen LogP contribution in [0.5, 0.6) is 5.75 Å². The lowest BCUT2D eigenvalue weighted by molar-refractivity contribution is -0.145. The third-order valence-corrected chi connectivity index (χ3v) is 3.70. The van der Waals surface area contributed by atoms with Crippen molar-refractivity contribution in [2.24, 2.45) is 0 Å². The van der Waals surface area contributed by atoms with E-state index in [1.165, 1.54) is 0 Å². The van der Waals surface area contributed by atoms with E-state index in [2.05, 4.69) is 15.9 Å². The van der Waals surface area contributed by atoms with E-state index in [-0.39, 0.29) is 0 Å². The fourth-order valence-electron chi connectivity index (χ4n) is 1.58. The van der Waals surface area contributed by atoms with Crippen LogP contribution >= 0.6 is 27.5 Å². The predicted octanol–water partition coefficient (Wildman–Crippen LogP) is 4.31. The predicted molar refractivity (Wildman–Crippen MR) is 76.6 cm³/mol. The molecule has 0 fully saturated rings. The first-order chi connectivity index (χ1) is 9.08. The summed E-state index contributed by atoms with van der Waals surface area (Å²) in [6.45, 7) is 0. The van der Waals surface area contributed by atoms with Crippen LogP contribution in [-0.2, 0) is 4.79 Å². The largest absolute Gasteiger partial charge is 0.478 e. The highest BCUT2D eigenvalue weighted by atomic mass is 79.9. The van der Waals surface area contributed by atoms with Gasteiger partial charge in [0.25, 0.3) is 0 Å². The van der Waals surface area contributed by atoms with Gasteiger partial charge in [-0.3, -0.25) is 0 Å². The molecule has 1 unspecified atom stereocenters. The van der Waals surface area contributed by atoms with E-state index in [4.69, 9.17) is 16.3 Å². The highest BCUT2D eigenvalue weighted by Gasteiger charge is 2.21.